The highest BCUT2D eigenvalue weighted by Crippen LogP contribution is 2.21. The summed E-state index contributed by atoms with van der Waals surface area (Å²) in [6.45, 7) is 1.74. The molecule has 46 heavy (non-hydrogen) atoms. The molecule has 0 aliphatic carbocycles. The molecular formula is C31H38N8O6S. The molecule has 244 valence electrons. The Hall–Kier alpha value is -4.79. The van der Waals surface area contributed by atoms with Crippen molar-refractivity contribution in [3.05, 3.63) is 77.6 Å². The fourth-order valence-electron chi connectivity index (χ4n) is 5.65. The summed E-state index contributed by atoms with van der Waals surface area (Å²) in [5.41, 5.74) is 2.51. The molecule has 0 radical (unpaired) electrons. The number of hydrogen-bond acceptors (Lipinski definition) is 8. The molecule has 3 aromatic rings. The van der Waals surface area contributed by atoms with Gasteiger partial charge in [-0.3, -0.25) is 28.2 Å². The fourth-order valence-corrected chi connectivity index (χ4v) is 6.49. The molecule has 2 N–H and O–H groups in total. The molecule has 4 amide bonds. The van der Waals surface area contributed by atoms with Gasteiger partial charge >= 0.3 is 0 Å². The second-order valence-electron chi connectivity index (χ2n) is 11.6. The van der Waals surface area contributed by atoms with E-state index in [1.54, 1.807) is 29.1 Å². The molecule has 1 fully saturated rings. The van der Waals surface area contributed by atoms with E-state index in [4.69, 9.17) is 0 Å². The van der Waals surface area contributed by atoms with E-state index in [-0.39, 0.29) is 44.9 Å². The van der Waals surface area contributed by atoms with Crippen molar-refractivity contribution in [2.75, 3.05) is 36.7 Å². The van der Waals surface area contributed by atoms with Crippen LogP contribution >= 0.6 is 0 Å². The molecule has 15 heteroatoms. The van der Waals surface area contributed by atoms with Gasteiger partial charge < -0.3 is 20.4 Å². The van der Waals surface area contributed by atoms with Crippen molar-refractivity contribution in [1.82, 2.24) is 35.4 Å². The summed E-state index contributed by atoms with van der Waals surface area (Å²) in [4.78, 5) is 57.2. The Labute approximate surface area is 267 Å². The van der Waals surface area contributed by atoms with Crippen LogP contribution in [0.4, 0.5) is 5.69 Å². The lowest BCUT2D eigenvalue weighted by atomic mass is 10.0. The largest absolute Gasteiger partial charge is 0.348 e. The number of nitrogens with one attached hydrogen (secondary N) is 2. The van der Waals surface area contributed by atoms with Crippen LogP contribution < -0.4 is 14.9 Å². The second kappa shape index (κ2) is 14.1. The highest BCUT2D eigenvalue weighted by atomic mass is 32.2. The molecule has 5 rings (SSSR count). The maximum atomic E-state index is 14.1. The van der Waals surface area contributed by atoms with Crippen molar-refractivity contribution in [1.29, 1.82) is 0 Å². The Bertz CT molecular complexity index is 1700. The van der Waals surface area contributed by atoms with Gasteiger partial charge in [-0.15, -0.1) is 5.10 Å². The number of aromatic nitrogens is 3. The Balaban J connectivity index is 1.41. The minimum absolute atomic E-state index is 0.00330. The van der Waals surface area contributed by atoms with Gasteiger partial charge in [0.25, 0.3) is 0 Å². The van der Waals surface area contributed by atoms with E-state index in [2.05, 4.69) is 20.9 Å². The van der Waals surface area contributed by atoms with Gasteiger partial charge in [0.1, 0.15) is 24.3 Å². The molecule has 2 aromatic carbocycles. The van der Waals surface area contributed by atoms with E-state index in [0.717, 1.165) is 21.7 Å². The summed E-state index contributed by atoms with van der Waals surface area (Å²) in [7, 11) is -3.82. The molecule has 0 spiro atoms. The fraction of sp³-hybridized carbons (Fsp3) is 0.419. The summed E-state index contributed by atoms with van der Waals surface area (Å²) in [6, 6.07) is 14.0. The molecule has 2 aliphatic rings. The first-order valence-corrected chi connectivity index (χ1v) is 17.0. The summed E-state index contributed by atoms with van der Waals surface area (Å²) < 4.78 is 28.1. The van der Waals surface area contributed by atoms with Crippen molar-refractivity contribution in [3.8, 4) is 0 Å². The van der Waals surface area contributed by atoms with Crippen LogP contribution in [0.15, 0.2) is 60.8 Å². The van der Waals surface area contributed by atoms with E-state index in [0.29, 0.717) is 24.3 Å². The predicted octanol–water partition coefficient (Wildman–Crippen LogP) is 0.230. The van der Waals surface area contributed by atoms with Crippen molar-refractivity contribution < 1.29 is 27.6 Å². The lowest BCUT2D eigenvalue weighted by Crippen LogP contribution is -2.65. The van der Waals surface area contributed by atoms with E-state index < -0.39 is 46.4 Å². The molecule has 0 saturated carbocycles. The number of benzene rings is 2. The molecule has 2 bridgehead atoms. The topological polar surface area (TPSA) is 167 Å². The minimum atomic E-state index is -3.82. The molecule has 1 aromatic heterocycles. The number of rotatable bonds is 6. The van der Waals surface area contributed by atoms with Crippen LogP contribution in [-0.2, 0) is 48.7 Å². The average molecular weight is 651 g/mol. The third-order valence-corrected chi connectivity index (χ3v) is 9.17. The Kier molecular flexibility index (Phi) is 9.99. The number of amides is 4. The van der Waals surface area contributed by atoms with E-state index in [1.165, 1.54) is 9.80 Å². The van der Waals surface area contributed by atoms with Crippen LogP contribution in [0.25, 0.3) is 0 Å². The molecular weight excluding hydrogens is 612 g/mol. The summed E-state index contributed by atoms with van der Waals surface area (Å²) in [5.74, 6) is -1.78. The van der Waals surface area contributed by atoms with Gasteiger partial charge in [-0.25, -0.2) is 8.42 Å². The number of carbonyl (C=O) groups excluding carboxylic acids is 4. The minimum Gasteiger partial charge on any atom is -0.348 e. The van der Waals surface area contributed by atoms with Crippen molar-refractivity contribution in [2.45, 2.75) is 51.4 Å². The molecule has 3 heterocycles. The molecule has 0 unspecified atom stereocenters. The number of fused-ring (bicyclic) bond motifs is 3. The highest BCUT2D eigenvalue weighted by Gasteiger charge is 2.40. The maximum Gasteiger partial charge on any atom is 0.246 e. The third-order valence-electron chi connectivity index (χ3n) is 8.02. The third kappa shape index (κ3) is 8.07. The van der Waals surface area contributed by atoms with Crippen molar-refractivity contribution in [3.63, 3.8) is 0 Å². The number of aryl methyl sites for hydroxylation is 2. The zero-order valence-electron chi connectivity index (χ0n) is 25.8. The quantitative estimate of drug-likeness (QED) is 0.383. The Morgan fingerprint density at radius 1 is 1.04 bits per heavy atom. The van der Waals surface area contributed by atoms with Gasteiger partial charge in [0, 0.05) is 32.5 Å². The van der Waals surface area contributed by atoms with Crippen LogP contribution in [0.1, 0.15) is 29.7 Å². The van der Waals surface area contributed by atoms with Crippen LogP contribution in [0.5, 0.6) is 0 Å². The number of anilines is 1. The highest BCUT2D eigenvalue weighted by molar-refractivity contribution is 7.92. The summed E-state index contributed by atoms with van der Waals surface area (Å²) in [6.07, 6.45) is 3.56. The predicted molar refractivity (Wildman–Crippen MR) is 169 cm³/mol. The molecule has 14 nitrogen and oxygen atoms in total. The van der Waals surface area contributed by atoms with Crippen molar-refractivity contribution in [2.24, 2.45) is 0 Å². The van der Waals surface area contributed by atoms with E-state index >= 15 is 0 Å². The van der Waals surface area contributed by atoms with Crippen LogP contribution in [0.2, 0.25) is 0 Å². The van der Waals surface area contributed by atoms with Gasteiger partial charge in [-0.2, -0.15) is 0 Å². The normalized spacial score (nSPS) is 19.7. The lowest BCUT2D eigenvalue weighted by Gasteiger charge is -2.42. The number of carbonyl (C=O) groups is 4. The van der Waals surface area contributed by atoms with Crippen LogP contribution in [0.3, 0.4) is 0 Å². The zero-order chi connectivity index (χ0) is 32.8. The van der Waals surface area contributed by atoms with Gasteiger partial charge in [0.2, 0.25) is 33.7 Å². The zero-order valence-corrected chi connectivity index (χ0v) is 26.6. The summed E-state index contributed by atoms with van der Waals surface area (Å²) in [5, 5.41) is 13.8. The van der Waals surface area contributed by atoms with Crippen molar-refractivity contribution >= 4 is 39.3 Å². The van der Waals surface area contributed by atoms with E-state index in [1.807, 2.05) is 43.3 Å². The summed E-state index contributed by atoms with van der Waals surface area (Å²) >= 11 is 0. The molecule has 2 atom stereocenters. The lowest BCUT2D eigenvalue weighted by molar-refractivity contribution is -0.149. The smallest absolute Gasteiger partial charge is 0.246 e. The number of nitrogens with zero attached hydrogens (tertiary/aromatic N) is 6. The standard InChI is InChI=1S/C31H38N8O6S/c1-22-8-6-11-25(16-22)39(46(2,44)45)21-29(41)36-14-15-38-27(20-36)30(42)32-18-24-19-37(35-34-24)13-7-12-28(40)33-26(31(38)43)17-23-9-4-3-5-10-23/h3-6,8-11,16,19,26-27H,7,12-15,17-18,20-21H2,1-2H3,(H,32,42)(H,33,40)/t26-,27+/m0/s1. The Morgan fingerprint density at radius 2 is 1.83 bits per heavy atom. The molecule has 1 saturated heterocycles. The van der Waals surface area contributed by atoms with Gasteiger partial charge in [-0.1, -0.05) is 47.7 Å². The van der Waals surface area contributed by atoms with Gasteiger partial charge in [0.05, 0.1) is 31.2 Å². The first-order valence-electron chi connectivity index (χ1n) is 15.1. The molecule has 2 aliphatic heterocycles. The number of piperazine rings is 1. The van der Waals surface area contributed by atoms with Gasteiger partial charge in [0.15, 0.2) is 0 Å². The second-order valence-corrected chi connectivity index (χ2v) is 13.5. The monoisotopic (exact) mass is 650 g/mol. The van der Waals surface area contributed by atoms with E-state index in [9.17, 15) is 27.6 Å². The first kappa shape index (κ1) is 32.6. The first-order chi connectivity index (χ1) is 22.0. The number of hydrogen-bond donors (Lipinski definition) is 2. The van der Waals surface area contributed by atoms with Crippen LogP contribution in [0, 0.1) is 6.92 Å². The maximum absolute atomic E-state index is 14.1. The Morgan fingerprint density at radius 3 is 2.57 bits per heavy atom. The SMILES string of the molecule is Cc1cccc(N(CC(=O)N2CCN3C(=O)[C@H](Cc4ccccc4)NC(=O)CCCn4cc(nn4)CNC(=O)[C@H]3C2)S(C)(=O)=O)c1. The van der Waals surface area contributed by atoms with Crippen LogP contribution in [-0.4, -0.2) is 101 Å². The average Bonchev–Trinajstić information content (AvgIpc) is 3.48. The van der Waals surface area contributed by atoms with Gasteiger partial charge in [-0.05, 0) is 36.6 Å². The number of sulfonamides is 1.